The molecule has 3 aliphatic heterocycles. The second kappa shape index (κ2) is 6.29. The lowest BCUT2D eigenvalue weighted by Crippen LogP contribution is -2.43. The number of carbonyl (C=O) groups is 2. The Labute approximate surface area is 154 Å². The van der Waals surface area contributed by atoms with E-state index in [1.807, 2.05) is 12.1 Å². The molecule has 2 aromatic rings. The van der Waals surface area contributed by atoms with Crippen molar-refractivity contribution in [2.45, 2.75) is 37.4 Å². The molecule has 2 bridgehead atoms. The second-order valence-electron chi connectivity index (χ2n) is 7.15. The first-order chi connectivity index (χ1) is 12.7. The first-order valence-electron chi connectivity index (χ1n) is 9.02. The molecule has 3 aliphatic rings. The number of nitrogens with one attached hydrogen (secondary N) is 2. The van der Waals surface area contributed by atoms with Crippen LogP contribution in [0.3, 0.4) is 0 Å². The van der Waals surface area contributed by atoms with Crippen molar-refractivity contribution in [3.63, 3.8) is 0 Å². The summed E-state index contributed by atoms with van der Waals surface area (Å²) in [5.41, 5.74) is 0.429. The highest BCUT2D eigenvalue weighted by Crippen LogP contribution is 2.33. The lowest BCUT2D eigenvalue weighted by Gasteiger charge is -2.25. The summed E-state index contributed by atoms with van der Waals surface area (Å²) >= 11 is 1.52. The molecule has 0 aromatic carbocycles. The highest BCUT2D eigenvalue weighted by molar-refractivity contribution is 7.23. The number of thiophene rings is 1. The van der Waals surface area contributed by atoms with Crippen molar-refractivity contribution in [2.24, 2.45) is 0 Å². The highest BCUT2D eigenvalue weighted by Gasteiger charge is 2.39. The molecule has 5 rings (SSSR count). The third-order valence-corrected chi connectivity index (χ3v) is 6.60. The van der Waals surface area contributed by atoms with Crippen LogP contribution in [0.2, 0.25) is 0 Å². The van der Waals surface area contributed by atoms with Crippen LogP contribution in [0.25, 0.3) is 10.1 Å². The zero-order valence-corrected chi connectivity index (χ0v) is 15.1. The van der Waals surface area contributed by atoms with Crippen LogP contribution in [0.4, 0.5) is 5.00 Å². The number of pyridine rings is 1. The molecular formula is C18H20N4O3S. The molecule has 3 fully saturated rings. The summed E-state index contributed by atoms with van der Waals surface area (Å²) in [5, 5.41) is 8.47. The Morgan fingerprint density at radius 3 is 3.08 bits per heavy atom. The fourth-order valence-electron chi connectivity index (χ4n) is 4.17. The van der Waals surface area contributed by atoms with Gasteiger partial charge in [-0.25, -0.2) is 4.98 Å². The predicted octanol–water partition coefficient (Wildman–Crippen LogP) is 1.28. The van der Waals surface area contributed by atoms with Crippen LogP contribution in [0.5, 0.6) is 0 Å². The molecule has 2 N–H and O–H groups in total. The van der Waals surface area contributed by atoms with E-state index in [2.05, 4.69) is 15.6 Å². The topological polar surface area (TPSA) is 83.6 Å². The van der Waals surface area contributed by atoms with E-state index in [0.29, 0.717) is 30.9 Å². The fraction of sp³-hybridized carbons (Fsp3) is 0.500. The molecule has 26 heavy (non-hydrogen) atoms. The maximum atomic E-state index is 12.6. The van der Waals surface area contributed by atoms with Gasteiger partial charge in [-0.05, 0) is 36.8 Å². The molecule has 2 amide bonds. The summed E-state index contributed by atoms with van der Waals surface area (Å²) in [6, 6.07) is 4.92. The van der Waals surface area contributed by atoms with Gasteiger partial charge in [-0.1, -0.05) is 0 Å². The van der Waals surface area contributed by atoms with Gasteiger partial charge in [-0.3, -0.25) is 14.5 Å². The lowest BCUT2D eigenvalue weighted by atomic mass is 9.95. The molecule has 0 spiro atoms. The predicted molar refractivity (Wildman–Crippen MR) is 98.6 cm³/mol. The zero-order valence-electron chi connectivity index (χ0n) is 14.2. The molecule has 0 radical (unpaired) electrons. The van der Waals surface area contributed by atoms with E-state index in [-0.39, 0.29) is 24.5 Å². The van der Waals surface area contributed by atoms with Crippen molar-refractivity contribution in [3.8, 4) is 0 Å². The first-order valence-corrected chi connectivity index (χ1v) is 9.83. The van der Waals surface area contributed by atoms with Gasteiger partial charge in [0.15, 0.2) is 0 Å². The van der Waals surface area contributed by atoms with Crippen LogP contribution < -0.4 is 15.5 Å². The van der Waals surface area contributed by atoms with Gasteiger partial charge < -0.3 is 15.4 Å². The Balaban J connectivity index is 1.36. The summed E-state index contributed by atoms with van der Waals surface area (Å²) < 4.78 is 6.16. The van der Waals surface area contributed by atoms with Crippen molar-refractivity contribution in [1.29, 1.82) is 0 Å². The number of nitrogens with zero attached hydrogens (tertiary/aromatic N) is 2. The summed E-state index contributed by atoms with van der Waals surface area (Å²) in [4.78, 5) is 30.7. The number of anilines is 1. The molecule has 0 unspecified atom stereocenters. The van der Waals surface area contributed by atoms with Crippen LogP contribution in [-0.2, 0) is 9.53 Å². The number of fused-ring (bicyclic) bond motifs is 3. The lowest BCUT2D eigenvalue weighted by molar-refractivity contribution is -0.125. The zero-order chi connectivity index (χ0) is 17.7. The smallest absolute Gasteiger partial charge is 0.270 e. The first kappa shape index (κ1) is 16.2. The Hall–Kier alpha value is -2.03. The van der Waals surface area contributed by atoms with Gasteiger partial charge in [-0.2, -0.15) is 0 Å². The van der Waals surface area contributed by atoms with Crippen LogP contribution in [-0.4, -0.2) is 54.7 Å². The third kappa shape index (κ3) is 2.78. The number of carbonyl (C=O) groups excluding carboxylic acids is 2. The molecule has 8 heteroatoms. The van der Waals surface area contributed by atoms with Crippen molar-refractivity contribution in [2.75, 3.05) is 24.7 Å². The SMILES string of the molecule is O=C(N[C@@H]1C[C@H]2CC[C@@H]1N2)c1cc2cc(N3CCOCC3=O)sc2cn1. The van der Waals surface area contributed by atoms with Gasteiger partial charge in [0.05, 0.1) is 22.9 Å². The monoisotopic (exact) mass is 372 g/mol. The van der Waals surface area contributed by atoms with Crippen molar-refractivity contribution < 1.29 is 14.3 Å². The Bertz CT molecular complexity index is 882. The van der Waals surface area contributed by atoms with Gasteiger partial charge in [0, 0.05) is 24.3 Å². The molecule has 0 saturated carbocycles. The molecule has 7 nitrogen and oxygen atoms in total. The number of aromatic nitrogens is 1. The van der Waals surface area contributed by atoms with Gasteiger partial charge in [-0.15, -0.1) is 11.3 Å². The summed E-state index contributed by atoms with van der Waals surface area (Å²) in [6.45, 7) is 1.23. The minimum absolute atomic E-state index is 0.0301. The van der Waals surface area contributed by atoms with E-state index < -0.39 is 0 Å². The minimum atomic E-state index is -0.124. The number of morpholine rings is 1. The minimum Gasteiger partial charge on any atom is -0.370 e. The Morgan fingerprint density at radius 2 is 2.31 bits per heavy atom. The van der Waals surface area contributed by atoms with Crippen LogP contribution >= 0.6 is 11.3 Å². The van der Waals surface area contributed by atoms with Gasteiger partial charge in [0.2, 0.25) is 0 Å². The number of hydrogen-bond donors (Lipinski definition) is 2. The van der Waals surface area contributed by atoms with E-state index in [1.165, 1.54) is 17.8 Å². The highest BCUT2D eigenvalue weighted by atomic mass is 32.1. The largest absolute Gasteiger partial charge is 0.370 e. The van der Waals surface area contributed by atoms with Crippen molar-refractivity contribution in [1.82, 2.24) is 15.6 Å². The average Bonchev–Trinajstić information content (AvgIpc) is 3.36. The van der Waals surface area contributed by atoms with E-state index in [9.17, 15) is 9.59 Å². The van der Waals surface area contributed by atoms with Gasteiger partial charge in [0.25, 0.3) is 11.8 Å². The molecular weight excluding hydrogens is 352 g/mol. The third-order valence-electron chi connectivity index (χ3n) is 5.49. The summed E-state index contributed by atoms with van der Waals surface area (Å²) in [7, 11) is 0. The summed E-state index contributed by atoms with van der Waals surface area (Å²) in [5.74, 6) is -0.154. The van der Waals surface area contributed by atoms with Crippen molar-refractivity contribution >= 4 is 38.2 Å². The quantitative estimate of drug-likeness (QED) is 0.848. The average molecular weight is 372 g/mol. The van der Waals surface area contributed by atoms with E-state index >= 15 is 0 Å². The molecule has 0 aliphatic carbocycles. The molecule has 5 heterocycles. The van der Waals surface area contributed by atoms with Gasteiger partial charge >= 0.3 is 0 Å². The summed E-state index contributed by atoms with van der Waals surface area (Å²) in [6.07, 6.45) is 5.06. The number of hydrogen-bond acceptors (Lipinski definition) is 6. The molecule has 3 saturated heterocycles. The number of rotatable bonds is 3. The number of amides is 2. The standard InChI is InChI=1S/C18H20N4O3S/c23-16-9-25-4-3-22(16)17-6-10-5-14(19-8-15(10)26-17)18(24)21-13-7-11-1-2-12(13)20-11/h5-6,8,11-13,20H,1-4,7,9H2,(H,21,24)/t11-,12+,13-/m1/s1. The fourth-order valence-corrected chi connectivity index (χ4v) is 5.22. The Morgan fingerprint density at radius 1 is 1.38 bits per heavy atom. The Kier molecular flexibility index (Phi) is 3.91. The normalized spacial score (nSPS) is 28.1. The van der Waals surface area contributed by atoms with E-state index in [0.717, 1.165) is 27.9 Å². The number of ether oxygens (including phenoxy) is 1. The van der Waals surface area contributed by atoms with E-state index in [1.54, 1.807) is 11.1 Å². The maximum absolute atomic E-state index is 12.6. The van der Waals surface area contributed by atoms with Crippen LogP contribution in [0.1, 0.15) is 29.8 Å². The molecule has 3 atom stereocenters. The van der Waals surface area contributed by atoms with Crippen LogP contribution in [0.15, 0.2) is 18.3 Å². The van der Waals surface area contributed by atoms with E-state index in [4.69, 9.17) is 4.74 Å². The molecule has 136 valence electrons. The molecule has 2 aromatic heterocycles. The van der Waals surface area contributed by atoms with Crippen molar-refractivity contribution in [3.05, 3.63) is 24.0 Å². The maximum Gasteiger partial charge on any atom is 0.270 e. The second-order valence-corrected chi connectivity index (χ2v) is 8.22. The van der Waals surface area contributed by atoms with Crippen LogP contribution in [0, 0.1) is 0 Å². The van der Waals surface area contributed by atoms with Gasteiger partial charge in [0.1, 0.15) is 12.3 Å².